The Labute approximate surface area is 163 Å². The van der Waals surface area contributed by atoms with Crippen LogP contribution in [0, 0.1) is 0 Å². The van der Waals surface area contributed by atoms with Crippen molar-refractivity contribution in [1.29, 1.82) is 0 Å². The number of rotatable bonds is 9. The first-order valence-electron chi connectivity index (χ1n) is 9.39. The molecular weight excluding hydrogens is 338 g/mol. The maximum absolute atomic E-state index is 13.6. The Kier molecular flexibility index (Phi) is 7.03. The summed E-state index contributed by atoms with van der Waals surface area (Å²) in [6, 6.07) is 15.8. The van der Waals surface area contributed by atoms with Gasteiger partial charge in [-0.3, -0.25) is 4.79 Å². The van der Waals surface area contributed by atoms with Gasteiger partial charge in [-0.25, -0.2) is 0 Å². The predicted molar refractivity (Wildman–Crippen MR) is 110 cm³/mol. The predicted octanol–water partition coefficient (Wildman–Crippen LogP) is 4.31. The number of carbonyl (C=O) groups is 1. The van der Waals surface area contributed by atoms with Gasteiger partial charge in [0.15, 0.2) is 0 Å². The van der Waals surface area contributed by atoms with Crippen molar-refractivity contribution >= 4 is 5.78 Å². The number of methoxy groups -OCH3 is 2. The molecule has 27 heavy (non-hydrogen) atoms. The van der Waals surface area contributed by atoms with Crippen LogP contribution in [-0.2, 0) is 10.2 Å². The van der Waals surface area contributed by atoms with E-state index in [0.717, 1.165) is 22.6 Å². The maximum atomic E-state index is 13.6. The molecule has 4 heteroatoms. The van der Waals surface area contributed by atoms with E-state index in [1.54, 1.807) is 14.2 Å². The molecule has 0 aromatic heterocycles. The van der Waals surface area contributed by atoms with Crippen molar-refractivity contribution in [3.8, 4) is 11.5 Å². The molecule has 0 aliphatic carbocycles. The Balaban J connectivity index is 2.88. The highest BCUT2D eigenvalue weighted by atomic mass is 16.5. The zero-order valence-electron chi connectivity index (χ0n) is 17.3. The van der Waals surface area contributed by atoms with Crippen LogP contribution in [-0.4, -0.2) is 45.0 Å². The fourth-order valence-electron chi connectivity index (χ4n) is 3.70. The van der Waals surface area contributed by atoms with Gasteiger partial charge in [-0.05, 0) is 39.6 Å². The van der Waals surface area contributed by atoms with Crippen LogP contribution < -0.4 is 9.47 Å². The second-order valence-corrected chi connectivity index (χ2v) is 7.10. The molecule has 0 unspecified atom stereocenters. The van der Waals surface area contributed by atoms with E-state index >= 15 is 0 Å². The standard InChI is InChI=1S/C23H31NO3/c1-7-22(25)23(16-17(2)24(3)4,18-12-8-10-14-20(18)26-5)19-13-9-11-15-21(19)27-6/h8-15,17H,7,16H2,1-6H3/t17-/m0/s1. The molecule has 0 heterocycles. The number of carbonyl (C=O) groups excluding carboxylic acids is 1. The number of hydrogen-bond acceptors (Lipinski definition) is 4. The second kappa shape index (κ2) is 9.05. The van der Waals surface area contributed by atoms with Crippen LogP contribution in [0.1, 0.15) is 37.8 Å². The minimum atomic E-state index is -0.850. The lowest BCUT2D eigenvalue weighted by Gasteiger charge is -2.38. The Bertz CT molecular complexity index is 722. The van der Waals surface area contributed by atoms with Gasteiger partial charge in [0.25, 0.3) is 0 Å². The van der Waals surface area contributed by atoms with Gasteiger partial charge in [0, 0.05) is 23.6 Å². The molecule has 0 amide bonds. The summed E-state index contributed by atoms with van der Waals surface area (Å²) >= 11 is 0. The maximum Gasteiger partial charge on any atom is 0.147 e. The summed E-state index contributed by atoms with van der Waals surface area (Å²) in [7, 11) is 7.38. The smallest absolute Gasteiger partial charge is 0.147 e. The Morgan fingerprint density at radius 3 is 1.78 bits per heavy atom. The molecule has 0 saturated carbocycles. The first-order chi connectivity index (χ1) is 12.9. The molecule has 0 aliphatic heterocycles. The monoisotopic (exact) mass is 369 g/mol. The van der Waals surface area contributed by atoms with Crippen LogP contribution >= 0.6 is 0 Å². The second-order valence-electron chi connectivity index (χ2n) is 7.10. The molecule has 0 aliphatic rings. The molecule has 2 rings (SSSR count). The Hall–Kier alpha value is -2.33. The molecule has 4 nitrogen and oxygen atoms in total. The minimum absolute atomic E-state index is 0.158. The van der Waals surface area contributed by atoms with Gasteiger partial charge >= 0.3 is 0 Å². The average Bonchev–Trinajstić information content (AvgIpc) is 2.71. The van der Waals surface area contributed by atoms with Crippen LogP contribution in [0.5, 0.6) is 11.5 Å². The summed E-state index contributed by atoms with van der Waals surface area (Å²) in [4.78, 5) is 15.7. The number of hydrogen-bond donors (Lipinski definition) is 0. The highest BCUT2D eigenvalue weighted by Gasteiger charge is 2.45. The van der Waals surface area contributed by atoms with E-state index < -0.39 is 5.41 Å². The fourth-order valence-corrected chi connectivity index (χ4v) is 3.70. The van der Waals surface area contributed by atoms with Gasteiger partial charge in [0.1, 0.15) is 17.3 Å². The van der Waals surface area contributed by atoms with Crippen molar-refractivity contribution in [2.75, 3.05) is 28.3 Å². The molecule has 2 aromatic rings. The summed E-state index contributed by atoms with van der Waals surface area (Å²) < 4.78 is 11.4. The number of ketones is 1. The van der Waals surface area contributed by atoms with Crippen LogP contribution in [0.25, 0.3) is 0 Å². The Morgan fingerprint density at radius 1 is 0.963 bits per heavy atom. The first-order valence-corrected chi connectivity index (χ1v) is 9.39. The zero-order valence-corrected chi connectivity index (χ0v) is 17.3. The third kappa shape index (κ3) is 4.01. The van der Waals surface area contributed by atoms with Crippen molar-refractivity contribution in [2.24, 2.45) is 0 Å². The summed E-state index contributed by atoms with van der Waals surface area (Å²) in [5.41, 5.74) is 0.924. The van der Waals surface area contributed by atoms with Crippen molar-refractivity contribution < 1.29 is 14.3 Å². The number of para-hydroxylation sites is 2. The third-order valence-corrected chi connectivity index (χ3v) is 5.41. The van der Waals surface area contributed by atoms with Crippen molar-refractivity contribution in [1.82, 2.24) is 4.90 Å². The van der Waals surface area contributed by atoms with Gasteiger partial charge in [-0.15, -0.1) is 0 Å². The molecular formula is C23H31NO3. The molecule has 0 saturated heterocycles. The summed E-state index contributed by atoms with van der Waals surface area (Å²) in [6.07, 6.45) is 1.06. The van der Waals surface area contributed by atoms with Crippen molar-refractivity contribution in [2.45, 2.75) is 38.1 Å². The van der Waals surface area contributed by atoms with Crippen molar-refractivity contribution in [3.05, 3.63) is 59.7 Å². The van der Waals surface area contributed by atoms with Gasteiger partial charge in [-0.2, -0.15) is 0 Å². The summed E-state index contributed by atoms with van der Waals surface area (Å²) in [5.74, 6) is 1.59. The number of Topliss-reactive ketones (excluding diaryl/α,β-unsaturated/α-hetero) is 1. The van der Waals surface area contributed by atoms with E-state index in [0.29, 0.717) is 12.8 Å². The third-order valence-electron chi connectivity index (χ3n) is 5.41. The topological polar surface area (TPSA) is 38.8 Å². The van der Waals surface area contributed by atoms with E-state index in [9.17, 15) is 4.79 Å². The lowest BCUT2D eigenvalue weighted by molar-refractivity contribution is -0.123. The number of ether oxygens (including phenoxy) is 2. The lowest BCUT2D eigenvalue weighted by atomic mass is 9.66. The molecule has 0 spiro atoms. The van der Waals surface area contributed by atoms with E-state index in [1.165, 1.54) is 0 Å². The van der Waals surface area contributed by atoms with Gasteiger partial charge in [0.05, 0.1) is 19.6 Å². The highest BCUT2D eigenvalue weighted by molar-refractivity contribution is 5.95. The average molecular weight is 370 g/mol. The van der Waals surface area contributed by atoms with Crippen LogP contribution in [0.3, 0.4) is 0 Å². The molecule has 146 valence electrons. The van der Waals surface area contributed by atoms with Gasteiger partial charge in [0.2, 0.25) is 0 Å². The van der Waals surface area contributed by atoms with Crippen LogP contribution in [0.2, 0.25) is 0 Å². The van der Waals surface area contributed by atoms with Crippen LogP contribution in [0.4, 0.5) is 0 Å². The molecule has 0 bridgehead atoms. The first kappa shape index (κ1) is 21.0. The van der Waals surface area contributed by atoms with Crippen LogP contribution in [0.15, 0.2) is 48.5 Å². The molecule has 0 radical (unpaired) electrons. The number of benzene rings is 2. The van der Waals surface area contributed by atoms with Gasteiger partial charge in [-0.1, -0.05) is 43.3 Å². The van der Waals surface area contributed by atoms with E-state index in [4.69, 9.17) is 9.47 Å². The minimum Gasteiger partial charge on any atom is -0.496 e. The lowest BCUT2D eigenvalue weighted by Crippen LogP contribution is -2.43. The molecule has 0 fully saturated rings. The van der Waals surface area contributed by atoms with E-state index in [-0.39, 0.29) is 11.8 Å². The van der Waals surface area contributed by atoms with E-state index in [2.05, 4.69) is 11.8 Å². The fraction of sp³-hybridized carbons (Fsp3) is 0.435. The summed E-state index contributed by atoms with van der Waals surface area (Å²) in [5, 5.41) is 0. The Morgan fingerprint density at radius 2 is 1.41 bits per heavy atom. The normalized spacial score (nSPS) is 12.7. The SMILES string of the molecule is CCC(=O)C(C[C@H](C)N(C)C)(c1ccccc1OC)c1ccccc1OC. The summed E-state index contributed by atoms with van der Waals surface area (Å²) in [6.45, 7) is 4.06. The largest absolute Gasteiger partial charge is 0.496 e. The highest BCUT2D eigenvalue weighted by Crippen LogP contribution is 2.46. The quantitative estimate of drug-likeness (QED) is 0.660. The zero-order chi connectivity index (χ0) is 20.0. The molecule has 2 aromatic carbocycles. The molecule has 1 atom stereocenters. The number of nitrogens with zero attached hydrogens (tertiary/aromatic N) is 1. The van der Waals surface area contributed by atoms with Gasteiger partial charge < -0.3 is 14.4 Å². The molecule has 0 N–H and O–H groups in total. The van der Waals surface area contributed by atoms with E-state index in [1.807, 2.05) is 69.6 Å². The van der Waals surface area contributed by atoms with Crippen molar-refractivity contribution in [3.63, 3.8) is 0 Å².